The number of aromatic nitrogens is 2. The highest BCUT2D eigenvalue weighted by Crippen LogP contribution is 2.40. The van der Waals surface area contributed by atoms with E-state index >= 15 is 0 Å². The van der Waals surface area contributed by atoms with Gasteiger partial charge in [0.05, 0.1) is 28.9 Å². The summed E-state index contributed by atoms with van der Waals surface area (Å²) < 4.78 is 15.7. The molecule has 158 valence electrons. The fraction of sp³-hybridized carbons (Fsp3) is 0.333. The van der Waals surface area contributed by atoms with Crippen LogP contribution in [0.1, 0.15) is 12.5 Å². The molecule has 1 aromatic carbocycles. The normalized spacial score (nSPS) is 10.1. The quantitative estimate of drug-likeness (QED) is 0.189. The number of carbonyl (C=O) groups is 1. The molecule has 12 heteroatoms. The number of nitriles is 1. The number of esters is 1. The maximum absolute atomic E-state index is 11.7. The number of nitrogens with zero attached hydrogens (tertiary/aromatic N) is 5. The second-order valence-corrected chi connectivity index (χ2v) is 6.58. The summed E-state index contributed by atoms with van der Waals surface area (Å²) in [5.74, 6) is -1.32. The molecule has 2 aromatic rings. The van der Waals surface area contributed by atoms with Crippen LogP contribution in [0.3, 0.4) is 0 Å². The molecule has 0 aliphatic carbocycles. The van der Waals surface area contributed by atoms with Crippen LogP contribution in [0.5, 0.6) is 17.5 Å². The molecule has 1 aromatic heterocycles. The molecule has 0 aliphatic heterocycles. The molecule has 0 spiro atoms. The summed E-state index contributed by atoms with van der Waals surface area (Å²) in [4.78, 5) is 32.3. The van der Waals surface area contributed by atoms with E-state index in [1.165, 1.54) is 6.07 Å². The molecule has 0 saturated heterocycles. The number of hydrogen-bond donors (Lipinski definition) is 0. The fourth-order valence-corrected chi connectivity index (χ4v) is 2.63. The molecule has 2 rings (SSSR count). The lowest BCUT2D eigenvalue weighted by Gasteiger charge is -2.18. The van der Waals surface area contributed by atoms with Gasteiger partial charge in [0.25, 0.3) is 0 Å². The van der Waals surface area contributed by atoms with Crippen molar-refractivity contribution >= 4 is 29.1 Å². The lowest BCUT2D eigenvalue weighted by molar-refractivity contribution is -0.387. The lowest BCUT2D eigenvalue weighted by atomic mass is 10.2. The smallest absolute Gasteiger partial charge is 0.392 e. The summed E-state index contributed by atoms with van der Waals surface area (Å²) >= 11 is 1.11. The summed E-state index contributed by atoms with van der Waals surface area (Å²) in [5, 5.41) is 21.0. The standard InChI is InChI=1S/C18H19N5O6S/c1-5-27-14(24)10-28-16-15(23(25)26)17(21-18(20-16)30-4)29-13-8-11(9-19)6-7-12(13)22(2)3/h6-8H,5,10H2,1-4H3. The van der Waals surface area contributed by atoms with Crippen LogP contribution in [0, 0.1) is 21.4 Å². The van der Waals surface area contributed by atoms with Crippen molar-refractivity contribution in [2.24, 2.45) is 0 Å². The SMILES string of the molecule is CCOC(=O)COc1nc(SC)nc(Oc2cc(C#N)ccc2N(C)C)c1[N+](=O)[O-]. The van der Waals surface area contributed by atoms with Crippen molar-refractivity contribution in [3.8, 4) is 23.6 Å². The van der Waals surface area contributed by atoms with Crippen LogP contribution in [-0.4, -0.2) is 54.4 Å². The third-order valence-corrected chi connectivity index (χ3v) is 4.12. The fourth-order valence-electron chi connectivity index (χ4n) is 2.28. The molecule has 0 bridgehead atoms. The van der Waals surface area contributed by atoms with Crippen molar-refractivity contribution in [1.29, 1.82) is 5.26 Å². The van der Waals surface area contributed by atoms with Crippen LogP contribution in [-0.2, 0) is 9.53 Å². The van der Waals surface area contributed by atoms with Crippen LogP contribution in [0.4, 0.5) is 11.4 Å². The van der Waals surface area contributed by atoms with Crippen LogP contribution in [0.2, 0.25) is 0 Å². The predicted octanol–water partition coefficient (Wildman–Crippen LogP) is 2.78. The first kappa shape index (κ1) is 22.7. The first-order valence-corrected chi connectivity index (χ1v) is 9.81. The molecule has 30 heavy (non-hydrogen) atoms. The average molecular weight is 433 g/mol. The summed E-state index contributed by atoms with van der Waals surface area (Å²) in [6.07, 6.45) is 1.67. The van der Waals surface area contributed by atoms with Gasteiger partial charge in [0.2, 0.25) is 0 Å². The van der Waals surface area contributed by atoms with Gasteiger partial charge in [-0.3, -0.25) is 10.1 Å². The molecule has 0 saturated carbocycles. The van der Waals surface area contributed by atoms with Gasteiger partial charge in [-0.05, 0) is 25.3 Å². The molecule has 0 atom stereocenters. The molecule has 0 N–H and O–H groups in total. The number of carbonyl (C=O) groups excluding carboxylic acids is 1. The van der Waals surface area contributed by atoms with Gasteiger partial charge in [-0.1, -0.05) is 11.8 Å². The monoisotopic (exact) mass is 433 g/mol. The van der Waals surface area contributed by atoms with Gasteiger partial charge in [-0.15, -0.1) is 0 Å². The van der Waals surface area contributed by atoms with Crippen LogP contribution in [0.25, 0.3) is 0 Å². The highest BCUT2D eigenvalue weighted by molar-refractivity contribution is 7.98. The second kappa shape index (κ2) is 10.3. The largest absolute Gasteiger partial charge is 0.463 e. The van der Waals surface area contributed by atoms with Crippen LogP contribution < -0.4 is 14.4 Å². The maximum Gasteiger partial charge on any atom is 0.392 e. The zero-order valence-electron chi connectivity index (χ0n) is 16.7. The molecule has 11 nitrogen and oxygen atoms in total. The minimum Gasteiger partial charge on any atom is -0.463 e. The van der Waals surface area contributed by atoms with E-state index in [1.54, 1.807) is 44.3 Å². The summed E-state index contributed by atoms with van der Waals surface area (Å²) in [5.41, 5.74) is 0.224. The number of anilines is 1. The summed E-state index contributed by atoms with van der Waals surface area (Å²) in [7, 11) is 3.51. The molecular weight excluding hydrogens is 414 g/mol. The number of ether oxygens (including phenoxy) is 3. The van der Waals surface area contributed by atoms with Gasteiger partial charge in [0.1, 0.15) is 0 Å². The first-order chi connectivity index (χ1) is 14.3. The van der Waals surface area contributed by atoms with Gasteiger partial charge < -0.3 is 19.1 Å². The molecule has 0 radical (unpaired) electrons. The minimum atomic E-state index is -0.761. The van der Waals surface area contributed by atoms with E-state index in [0.29, 0.717) is 11.3 Å². The van der Waals surface area contributed by atoms with Crippen molar-refractivity contribution < 1.29 is 23.9 Å². The van der Waals surface area contributed by atoms with Crippen LogP contribution in [0.15, 0.2) is 23.4 Å². The molecule has 0 aliphatic rings. The van der Waals surface area contributed by atoms with E-state index in [-0.39, 0.29) is 23.4 Å². The summed E-state index contributed by atoms with van der Waals surface area (Å²) in [6, 6.07) is 6.68. The van der Waals surface area contributed by atoms with Gasteiger partial charge in [-0.2, -0.15) is 15.2 Å². The Morgan fingerprint density at radius 2 is 2.03 bits per heavy atom. The summed E-state index contributed by atoms with van der Waals surface area (Å²) in [6.45, 7) is 1.20. The van der Waals surface area contributed by atoms with E-state index in [1.807, 2.05) is 6.07 Å². The Balaban J connectivity index is 2.54. The third kappa shape index (κ3) is 5.48. The third-order valence-electron chi connectivity index (χ3n) is 3.57. The molecule has 0 unspecified atom stereocenters. The zero-order valence-corrected chi connectivity index (χ0v) is 17.6. The Morgan fingerprint density at radius 1 is 1.33 bits per heavy atom. The Labute approximate surface area is 176 Å². The first-order valence-electron chi connectivity index (χ1n) is 8.58. The van der Waals surface area contributed by atoms with E-state index in [4.69, 9.17) is 14.2 Å². The Hall–Kier alpha value is -3.59. The van der Waals surface area contributed by atoms with E-state index in [0.717, 1.165) is 11.8 Å². The van der Waals surface area contributed by atoms with Crippen molar-refractivity contribution in [3.63, 3.8) is 0 Å². The van der Waals surface area contributed by atoms with Gasteiger partial charge in [0.15, 0.2) is 17.5 Å². The number of rotatable bonds is 9. The van der Waals surface area contributed by atoms with Gasteiger partial charge in [-0.25, -0.2) is 4.79 Å². The van der Waals surface area contributed by atoms with E-state index in [2.05, 4.69) is 9.97 Å². The molecule has 0 amide bonds. The Bertz CT molecular complexity index is 992. The average Bonchev–Trinajstić information content (AvgIpc) is 2.71. The van der Waals surface area contributed by atoms with E-state index in [9.17, 15) is 20.2 Å². The highest BCUT2D eigenvalue weighted by Gasteiger charge is 2.30. The van der Waals surface area contributed by atoms with E-state index < -0.39 is 29.1 Å². The minimum absolute atomic E-state index is 0.136. The van der Waals surface area contributed by atoms with Gasteiger partial charge in [0, 0.05) is 20.2 Å². The Kier molecular flexibility index (Phi) is 7.76. The topological polar surface area (TPSA) is 141 Å². The van der Waals surface area contributed by atoms with Crippen LogP contribution >= 0.6 is 11.8 Å². The number of benzene rings is 1. The second-order valence-electron chi connectivity index (χ2n) is 5.81. The van der Waals surface area contributed by atoms with Crippen molar-refractivity contribution in [2.45, 2.75) is 12.1 Å². The predicted molar refractivity (Wildman–Crippen MR) is 108 cm³/mol. The lowest BCUT2D eigenvalue weighted by Crippen LogP contribution is -2.16. The van der Waals surface area contributed by atoms with Crippen molar-refractivity contribution in [2.75, 3.05) is 38.5 Å². The maximum atomic E-state index is 11.7. The van der Waals surface area contributed by atoms with Crippen molar-refractivity contribution in [1.82, 2.24) is 9.97 Å². The molecule has 1 heterocycles. The molecular formula is C18H19N5O6S. The Morgan fingerprint density at radius 3 is 2.60 bits per heavy atom. The van der Waals surface area contributed by atoms with Gasteiger partial charge >= 0.3 is 23.4 Å². The number of hydrogen-bond acceptors (Lipinski definition) is 11. The highest BCUT2D eigenvalue weighted by atomic mass is 32.2. The zero-order chi connectivity index (χ0) is 22.3. The number of nitro groups is 1. The van der Waals surface area contributed by atoms with Crippen molar-refractivity contribution in [3.05, 3.63) is 33.9 Å². The molecule has 0 fully saturated rings. The number of thioether (sulfide) groups is 1.